The van der Waals surface area contributed by atoms with Gasteiger partial charge in [0.1, 0.15) is 12.3 Å². The molecule has 0 bridgehead atoms. The third-order valence-electron chi connectivity index (χ3n) is 4.16. The number of carbonyl (C=O) groups excluding carboxylic acids is 4. The van der Waals surface area contributed by atoms with Crippen LogP contribution in [0.4, 0.5) is 0 Å². The number of hydrogen-bond acceptors (Lipinski definition) is 9. The minimum Gasteiger partial charge on any atom is -0.464 e. The first-order valence-corrected chi connectivity index (χ1v) is 8.73. The molecule has 1 aromatic heterocycles. The molecule has 11 heteroatoms. The predicted octanol–water partition coefficient (Wildman–Crippen LogP) is -0.159. The van der Waals surface area contributed by atoms with Crippen LogP contribution in [0.1, 0.15) is 42.0 Å². The number of nitrogens with one attached hydrogen (secondary N) is 2. The molecule has 2 N–H and O–H groups in total. The van der Waals surface area contributed by atoms with Gasteiger partial charge < -0.3 is 24.8 Å². The monoisotopic (exact) mass is 406 g/mol. The van der Waals surface area contributed by atoms with Crippen LogP contribution >= 0.6 is 0 Å². The molecule has 1 aromatic rings. The number of aromatic nitrogens is 2. The lowest BCUT2D eigenvalue weighted by molar-refractivity contribution is -0.148. The molecule has 2 heterocycles. The van der Waals surface area contributed by atoms with Gasteiger partial charge in [0.05, 0.1) is 24.5 Å². The van der Waals surface area contributed by atoms with E-state index in [1.54, 1.807) is 13.8 Å². The van der Waals surface area contributed by atoms with Crippen LogP contribution in [-0.2, 0) is 28.6 Å². The standard InChI is InChI=1S/C18H22N4O7/c1-9-12(5-14(22-21-9)18(26)27-4)13(7-19-8-23)17(25)20-16-6-15(10(2)28-16)29-11(3)24/h5,7-8,10,15-16H,6H2,1-4H3,(H,19,23)(H,20,25)/b13-7-. The van der Waals surface area contributed by atoms with E-state index in [2.05, 4.69) is 25.6 Å². The van der Waals surface area contributed by atoms with Crippen LogP contribution in [0.2, 0.25) is 0 Å². The second kappa shape index (κ2) is 9.73. The second-order valence-electron chi connectivity index (χ2n) is 6.25. The number of nitrogens with zero attached hydrogens (tertiary/aromatic N) is 2. The van der Waals surface area contributed by atoms with Gasteiger partial charge in [0.25, 0.3) is 5.91 Å². The van der Waals surface area contributed by atoms with E-state index in [0.717, 1.165) is 0 Å². The molecule has 156 valence electrons. The van der Waals surface area contributed by atoms with E-state index >= 15 is 0 Å². The van der Waals surface area contributed by atoms with Crippen LogP contribution in [0.5, 0.6) is 0 Å². The summed E-state index contributed by atoms with van der Waals surface area (Å²) in [7, 11) is 1.19. The third kappa shape index (κ3) is 5.57. The number of rotatable bonds is 7. The summed E-state index contributed by atoms with van der Waals surface area (Å²) < 4.78 is 15.4. The van der Waals surface area contributed by atoms with Crippen molar-refractivity contribution in [3.8, 4) is 0 Å². The summed E-state index contributed by atoms with van der Waals surface area (Å²) in [6.45, 7) is 4.61. The van der Waals surface area contributed by atoms with Gasteiger partial charge in [0, 0.05) is 25.1 Å². The Labute approximate surface area is 166 Å². The molecule has 1 saturated heterocycles. The van der Waals surface area contributed by atoms with Gasteiger partial charge in [-0.15, -0.1) is 5.10 Å². The average molecular weight is 406 g/mol. The third-order valence-corrected chi connectivity index (χ3v) is 4.16. The van der Waals surface area contributed by atoms with Gasteiger partial charge in [-0.2, -0.15) is 5.10 Å². The molecule has 0 saturated carbocycles. The molecule has 3 unspecified atom stereocenters. The lowest BCUT2D eigenvalue weighted by Crippen LogP contribution is -2.36. The molecule has 11 nitrogen and oxygen atoms in total. The van der Waals surface area contributed by atoms with Crippen molar-refractivity contribution in [1.82, 2.24) is 20.8 Å². The largest absolute Gasteiger partial charge is 0.464 e. The van der Waals surface area contributed by atoms with Gasteiger partial charge in [-0.1, -0.05) is 0 Å². The highest BCUT2D eigenvalue weighted by molar-refractivity contribution is 6.20. The Kier molecular flexibility index (Phi) is 7.37. The van der Waals surface area contributed by atoms with E-state index in [9.17, 15) is 19.2 Å². The lowest BCUT2D eigenvalue weighted by Gasteiger charge is -2.15. The Bertz CT molecular complexity index is 839. The zero-order chi connectivity index (χ0) is 21.6. The van der Waals surface area contributed by atoms with Crippen molar-refractivity contribution in [3.63, 3.8) is 0 Å². The number of ether oxygens (including phenoxy) is 3. The van der Waals surface area contributed by atoms with Gasteiger partial charge in [-0.05, 0) is 19.9 Å². The average Bonchev–Trinajstić information content (AvgIpc) is 3.00. The van der Waals surface area contributed by atoms with Gasteiger partial charge in [-0.25, -0.2) is 4.79 Å². The maximum Gasteiger partial charge on any atom is 0.358 e. The van der Waals surface area contributed by atoms with Crippen molar-refractivity contribution in [2.75, 3.05) is 7.11 Å². The molecule has 1 aliphatic rings. The summed E-state index contributed by atoms with van der Waals surface area (Å²) in [6, 6.07) is 1.34. The zero-order valence-corrected chi connectivity index (χ0v) is 16.4. The smallest absolute Gasteiger partial charge is 0.358 e. The Balaban J connectivity index is 2.25. The molecule has 29 heavy (non-hydrogen) atoms. The van der Waals surface area contributed by atoms with Gasteiger partial charge in [-0.3, -0.25) is 14.4 Å². The first-order valence-electron chi connectivity index (χ1n) is 8.73. The molecular formula is C18H22N4O7. The molecule has 1 fully saturated rings. The van der Waals surface area contributed by atoms with Crippen LogP contribution in [0.15, 0.2) is 12.3 Å². The molecule has 0 aromatic carbocycles. The van der Waals surface area contributed by atoms with Crippen molar-refractivity contribution < 1.29 is 33.4 Å². The summed E-state index contributed by atoms with van der Waals surface area (Å²) in [4.78, 5) is 46.5. The highest BCUT2D eigenvalue weighted by atomic mass is 16.6. The van der Waals surface area contributed by atoms with Gasteiger partial charge >= 0.3 is 11.9 Å². The predicted molar refractivity (Wildman–Crippen MR) is 97.9 cm³/mol. The van der Waals surface area contributed by atoms with Crippen molar-refractivity contribution in [2.45, 2.75) is 45.6 Å². The first kappa shape index (κ1) is 22.0. The number of aryl methyl sites for hydroxylation is 1. The minimum atomic E-state index is -0.723. The number of hydrogen-bond donors (Lipinski definition) is 2. The van der Waals surface area contributed by atoms with Crippen LogP contribution in [0.3, 0.4) is 0 Å². The SMILES string of the molecule is COC(=O)c1cc(/C(=C/NC=O)C(=O)NC2CC(OC(C)=O)C(C)O2)c(C)nn1. The quantitative estimate of drug-likeness (QED) is 0.358. The summed E-state index contributed by atoms with van der Waals surface area (Å²) in [5.74, 6) is -1.76. The fourth-order valence-electron chi connectivity index (χ4n) is 2.79. The second-order valence-corrected chi connectivity index (χ2v) is 6.25. The number of esters is 2. The normalized spacial score (nSPS) is 21.2. The molecule has 0 aliphatic carbocycles. The molecule has 0 spiro atoms. The molecule has 2 amide bonds. The minimum absolute atomic E-state index is 0.0295. The Morgan fingerprint density at radius 3 is 2.66 bits per heavy atom. The van der Waals surface area contributed by atoms with E-state index in [-0.39, 0.29) is 23.3 Å². The maximum atomic E-state index is 12.9. The van der Waals surface area contributed by atoms with E-state index in [1.165, 1.54) is 26.3 Å². The summed E-state index contributed by atoms with van der Waals surface area (Å²) in [5.41, 5.74) is 0.556. The Morgan fingerprint density at radius 2 is 2.03 bits per heavy atom. The number of amides is 2. The van der Waals surface area contributed by atoms with Crippen LogP contribution in [-0.4, -0.2) is 60.0 Å². The summed E-state index contributed by atoms with van der Waals surface area (Å²) >= 11 is 0. The Morgan fingerprint density at radius 1 is 1.31 bits per heavy atom. The van der Waals surface area contributed by atoms with Gasteiger partial charge in [0.15, 0.2) is 5.69 Å². The molecule has 3 atom stereocenters. The topological polar surface area (TPSA) is 146 Å². The fraction of sp³-hybridized carbons (Fsp3) is 0.444. The molecule has 2 rings (SSSR count). The van der Waals surface area contributed by atoms with Crippen LogP contribution in [0.25, 0.3) is 5.57 Å². The first-order chi connectivity index (χ1) is 13.8. The highest BCUT2D eigenvalue weighted by Gasteiger charge is 2.36. The summed E-state index contributed by atoms with van der Waals surface area (Å²) in [5, 5.41) is 12.6. The number of carbonyl (C=O) groups is 4. The Hall–Kier alpha value is -3.34. The van der Waals surface area contributed by atoms with Crippen molar-refractivity contribution in [2.24, 2.45) is 0 Å². The van der Waals surface area contributed by atoms with E-state index in [1.807, 2.05) is 0 Å². The summed E-state index contributed by atoms with van der Waals surface area (Å²) in [6.07, 6.45) is 0.228. The number of methoxy groups -OCH3 is 1. The fourth-order valence-corrected chi connectivity index (χ4v) is 2.79. The van der Waals surface area contributed by atoms with Crippen molar-refractivity contribution >= 4 is 29.8 Å². The van der Waals surface area contributed by atoms with Crippen LogP contribution < -0.4 is 10.6 Å². The molecule has 1 aliphatic heterocycles. The maximum absolute atomic E-state index is 12.9. The molecular weight excluding hydrogens is 384 g/mol. The van der Waals surface area contributed by atoms with Crippen molar-refractivity contribution in [3.05, 3.63) is 29.2 Å². The molecule has 0 radical (unpaired) electrons. The highest BCUT2D eigenvalue weighted by Crippen LogP contribution is 2.24. The van der Waals surface area contributed by atoms with E-state index < -0.39 is 36.3 Å². The zero-order valence-electron chi connectivity index (χ0n) is 16.4. The van der Waals surface area contributed by atoms with E-state index in [0.29, 0.717) is 12.1 Å². The van der Waals surface area contributed by atoms with Gasteiger partial charge in [0.2, 0.25) is 6.41 Å². The van der Waals surface area contributed by atoms with Crippen LogP contribution in [0, 0.1) is 6.92 Å². The van der Waals surface area contributed by atoms with Crippen molar-refractivity contribution in [1.29, 1.82) is 0 Å². The van der Waals surface area contributed by atoms with E-state index in [4.69, 9.17) is 9.47 Å². The lowest BCUT2D eigenvalue weighted by atomic mass is 10.0.